The number of H-pyrrole nitrogens is 1. The summed E-state index contributed by atoms with van der Waals surface area (Å²) in [6.45, 7) is 1.98. The van der Waals surface area contributed by atoms with Gasteiger partial charge in [-0.05, 0) is 35.6 Å². The molecular formula is C28H27N7O2. The number of nitrogens with two attached hydrogens (primary N) is 1. The predicted octanol–water partition coefficient (Wildman–Crippen LogP) is 4.64. The highest BCUT2D eigenvalue weighted by Crippen LogP contribution is 2.51. The molecule has 1 aliphatic carbocycles. The number of fused-ring (bicyclic) bond motifs is 1. The topological polar surface area (TPSA) is 127 Å². The summed E-state index contributed by atoms with van der Waals surface area (Å²) in [6.07, 6.45) is 8.82. The monoisotopic (exact) mass is 493 g/mol. The zero-order valence-corrected chi connectivity index (χ0v) is 20.7. The van der Waals surface area contributed by atoms with Gasteiger partial charge in [0.2, 0.25) is 17.7 Å². The Kier molecular flexibility index (Phi) is 5.48. The summed E-state index contributed by atoms with van der Waals surface area (Å²) < 4.78 is 5.45. The van der Waals surface area contributed by atoms with Gasteiger partial charge in [-0.2, -0.15) is 0 Å². The van der Waals surface area contributed by atoms with Crippen molar-refractivity contribution in [3.63, 3.8) is 0 Å². The standard InChI is InChI=1S/C28H27N7O2/c1-17-33-34-24(37-17)16-35(2)26(36)22-6-3-5-21-23(15-30-25(21)22)28(11-4-12-28)20-9-7-18(8-10-20)19-13-31-27(29)32-14-19/h3,5-10,13-15,30H,4,11-12,16H2,1-2H3,(H2,29,31,32). The lowest BCUT2D eigenvalue weighted by atomic mass is 9.60. The number of carbonyl (C=O) groups excluding carboxylic acids is 1. The van der Waals surface area contributed by atoms with Gasteiger partial charge in [-0.25, -0.2) is 9.97 Å². The highest BCUT2D eigenvalue weighted by atomic mass is 16.4. The minimum absolute atomic E-state index is 0.0940. The molecule has 6 rings (SSSR count). The second-order valence-electron chi connectivity index (χ2n) is 9.65. The largest absolute Gasteiger partial charge is 0.424 e. The zero-order chi connectivity index (χ0) is 25.6. The van der Waals surface area contributed by atoms with Gasteiger partial charge in [-0.1, -0.05) is 42.8 Å². The predicted molar refractivity (Wildman–Crippen MR) is 140 cm³/mol. The Bertz CT molecular complexity index is 1580. The molecule has 186 valence electrons. The second-order valence-corrected chi connectivity index (χ2v) is 9.65. The van der Waals surface area contributed by atoms with Crippen molar-refractivity contribution >= 4 is 22.8 Å². The van der Waals surface area contributed by atoms with E-state index in [-0.39, 0.29) is 23.8 Å². The maximum absolute atomic E-state index is 13.4. The fourth-order valence-corrected chi connectivity index (χ4v) is 5.32. The van der Waals surface area contributed by atoms with Gasteiger partial charge in [0.15, 0.2) is 0 Å². The highest BCUT2D eigenvalue weighted by molar-refractivity contribution is 6.06. The van der Waals surface area contributed by atoms with Crippen LogP contribution in [-0.2, 0) is 12.0 Å². The van der Waals surface area contributed by atoms with E-state index in [0.29, 0.717) is 17.3 Å². The first kappa shape index (κ1) is 22.9. The zero-order valence-electron chi connectivity index (χ0n) is 20.7. The molecule has 0 aliphatic heterocycles. The fourth-order valence-electron chi connectivity index (χ4n) is 5.32. The molecule has 1 saturated carbocycles. The lowest BCUT2D eigenvalue weighted by Crippen LogP contribution is -2.35. The fraction of sp³-hybridized carbons (Fsp3) is 0.250. The number of hydrogen-bond acceptors (Lipinski definition) is 7. The third kappa shape index (κ3) is 3.92. The molecular weight excluding hydrogens is 466 g/mol. The first-order valence-electron chi connectivity index (χ1n) is 12.3. The smallest absolute Gasteiger partial charge is 0.256 e. The van der Waals surface area contributed by atoms with Crippen LogP contribution in [0.4, 0.5) is 5.95 Å². The van der Waals surface area contributed by atoms with Crippen molar-refractivity contribution in [2.45, 2.75) is 38.1 Å². The third-order valence-electron chi connectivity index (χ3n) is 7.40. The van der Waals surface area contributed by atoms with Crippen molar-refractivity contribution in [3.8, 4) is 11.1 Å². The summed E-state index contributed by atoms with van der Waals surface area (Å²) in [7, 11) is 1.74. The van der Waals surface area contributed by atoms with E-state index in [1.54, 1.807) is 31.3 Å². The summed E-state index contributed by atoms with van der Waals surface area (Å²) in [6, 6.07) is 14.5. The summed E-state index contributed by atoms with van der Waals surface area (Å²) in [5, 5.41) is 8.93. The van der Waals surface area contributed by atoms with Crippen LogP contribution in [0, 0.1) is 6.92 Å². The minimum atomic E-state index is -0.104. The SMILES string of the molecule is Cc1nnc(CN(C)C(=O)c2cccc3c(C4(c5ccc(-c6cnc(N)nc6)cc5)CCC4)c[nH]c23)o1. The lowest BCUT2D eigenvalue weighted by Gasteiger charge is -2.43. The van der Waals surface area contributed by atoms with E-state index in [9.17, 15) is 4.79 Å². The number of amides is 1. The average molecular weight is 494 g/mol. The van der Waals surface area contributed by atoms with E-state index in [2.05, 4.69) is 61.7 Å². The van der Waals surface area contributed by atoms with Crippen LogP contribution in [0.15, 0.2) is 65.5 Å². The maximum atomic E-state index is 13.4. The first-order valence-corrected chi connectivity index (χ1v) is 12.3. The second kappa shape index (κ2) is 8.85. The Morgan fingerprint density at radius 2 is 1.84 bits per heavy atom. The molecule has 37 heavy (non-hydrogen) atoms. The third-order valence-corrected chi connectivity index (χ3v) is 7.40. The molecule has 0 spiro atoms. The van der Waals surface area contributed by atoms with Crippen molar-refractivity contribution in [1.82, 2.24) is 30.0 Å². The van der Waals surface area contributed by atoms with Gasteiger partial charge in [0.05, 0.1) is 17.6 Å². The normalized spacial score (nSPS) is 14.4. The van der Waals surface area contributed by atoms with E-state index in [1.807, 2.05) is 12.1 Å². The molecule has 2 aromatic carbocycles. The van der Waals surface area contributed by atoms with E-state index in [1.165, 1.54) is 11.1 Å². The van der Waals surface area contributed by atoms with E-state index >= 15 is 0 Å². The molecule has 1 aliphatic rings. The Morgan fingerprint density at radius 3 is 2.49 bits per heavy atom. The highest BCUT2D eigenvalue weighted by Gasteiger charge is 2.42. The van der Waals surface area contributed by atoms with E-state index in [4.69, 9.17) is 10.2 Å². The van der Waals surface area contributed by atoms with Gasteiger partial charge in [-0.3, -0.25) is 4.79 Å². The summed E-state index contributed by atoms with van der Waals surface area (Å²) in [4.78, 5) is 26.6. The number of para-hydroxylation sites is 1. The number of nitrogen functional groups attached to an aromatic ring is 1. The van der Waals surface area contributed by atoms with Crippen LogP contribution in [0.5, 0.6) is 0 Å². The number of nitrogens with one attached hydrogen (secondary N) is 1. The summed E-state index contributed by atoms with van der Waals surface area (Å²) in [5.74, 6) is 1.05. The van der Waals surface area contributed by atoms with Gasteiger partial charge in [0, 0.05) is 48.9 Å². The number of aromatic nitrogens is 5. The average Bonchev–Trinajstić information content (AvgIpc) is 3.50. The van der Waals surface area contributed by atoms with E-state index < -0.39 is 0 Å². The first-order chi connectivity index (χ1) is 17.9. The molecule has 0 radical (unpaired) electrons. The number of benzene rings is 2. The van der Waals surface area contributed by atoms with Crippen LogP contribution < -0.4 is 5.73 Å². The van der Waals surface area contributed by atoms with E-state index in [0.717, 1.165) is 41.3 Å². The Balaban J connectivity index is 1.32. The Hall–Kier alpha value is -4.53. The van der Waals surface area contributed by atoms with Crippen LogP contribution in [-0.4, -0.2) is 43.0 Å². The molecule has 0 atom stereocenters. The van der Waals surface area contributed by atoms with Crippen molar-refractivity contribution in [1.29, 1.82) is 0 Å². The Labute approximate surface area is 213 Å². The number of carbonyl (C=O) groups is 1. The van der Waals surface area contributed by atoms with Crippen molar-refractivity contribution in [2.24, 2.45) is 0 Å². The molecule has 3 heterocycles. The van der Waals surface area contributed by atoms with Gasteiger partial charge in [0.25, 0.3) is 5.91 Å². The molecule has 0 unspecified atom stereocenters. The van der Waals surface area contributed by atoms with Crippen LogP contribution in [0.1, 0.15) is 52.5 Å². The number of rotatable bonds is 6. The number of nitrogens with zero attached hydrogens (tertiary/aromatic N) is 5. The molecule has 0 bridgehead atoms. The molecule has 0 saturated heterocycles. The van der Waals surface area contributed by atoms with Gasteiger partial charge in [-0.15, -0.1) is 10.2 Å². The van der Waals surface area contributed by atoms with Gasteiger partial charge in [0.1, 0.15) is 0 Å². The summed E-state index contributed by atoms with van der Waals surface area (Å²) >= 11 is 0. The van der Waals surface area contributed by atoms with Crippen LogP contribution >= 0.6 is 0 Å². The number of hydrogen-bond donors (Lipinski definition) is 2. The molecule has 9 heteroatoms. The molecule has 3 N–H and O–H groups in total. The molecule has 1 amide bonds. The molecule has 3 aromatic heterocycles. The Morgan fingerprint density at radius 1 is 1.08 bits per heavy atom. The van der Waals surface area contributed by atoms with Crippen molar-refractivity contribution < 1.29 is 9.21 Å². The van der Waals surface area contributed by atoms with Crippen LogP contribution in [0.25, 0.3) is 22.0 Å². The lowest BCUT2D eigenvalue weighted by molar-refractivity contribution is 0.0774. The maximum Gasteiger partial charge on any atom is 0.256 e. The van der Waals surface area contributed by atoms with Gasteiger partial charge < -0.3 is 20.0 Å². The van der Waals surface area contributed by atoms with Crippen LogP contribution in [0.2, 0.25) is 0 Å². The summed E-state index contributed by atoms with van der Waals surface area (Å²) in [5.41, 5.74) is 11.5. The quantitative estimate of drug-likeness (QED) is 0.353. The van der Waals surface area contributed by atoms with Crippen LogP contribution in [0.3, 0.4) is 0 Å². The van der Waals surface area contributed by atoms with Gasteiger partial charge >= 0.3 is 0 Å². The molecule has 5 aromatic rings. The number of anilines is 1. The van der Waals surface area contributed by atoms with Crippen molar-refractivity contribution in [2.75, 3.05) is 12.8 Å². The number of aryl methyl sites for hydroxylation is 1. The van der Waals surface area contributed by atoms with Crippen molar-refractivity contribution in [3.05, 3.63) is 89.5 Å². The minimum Gasteiger partial charge on any atom is -0.424 e. The number of aromatic amines is 1. The molecule has 1 fully saturated rings. The molecule has 9 nitrogen and oxygen atoms in total.